The molecule has 0 saturated heterocycles. The van der Waals surface area contributed by atoms with Crippen molar-refractivity contribution in [3.8, 4) is 16.8 Å². The lowest BCUT2D eigenvalue weighted by Crippen LogP contribution is -2.35. The predicted octanol–water partition coefficient (Wildman–Crippen LogP) is 13.1. The van der Waals surface area contributed by atoms with Crippen LogP contribution in [0.4, 0.5) is 5.69 Å². The monoisotopic (exact) mass is 689 g/mol. The van der Waals surface area contributed by atoms with Gasteiger partial charge in [-0.2, -0.15) is 0 Å². The molecule has 3 nitrogen and oxygen atoms in total. The second-order valence-corrected chi connectivity index (χ2v) is 15.6. The molecule has 0 spiro atoms. The van der Waals surface area contributed by atoms with E-state index in [9.17, 15) is 0 Å². The van der Waals surface area contributed by atoms with E-state index in [2.05, 4.69) is 192 Å². The van der Waals surface area contributed by atoms with Crippen molar-refractivity contribution in [1.29, 1.82) is 0 Å². The molecule has 52 heavy (non-hydrogen) atoms. The highest BCUT2D eigenvalue weighted by atomic mass is 32.1. The van der Waals surface area contributed by atoms with Gasteiger partial charge in [-0.05, 0) is 70.8 Å². The normalized spacial score (nSPS) is 14.9. The standard InChI is InChI=1S/C48H39N3S/c1-48(28-29-48)46(33-16-7-3-8-17-33)50-47(34-18-9-4-10-19-34)49-36-20-13-21-37(31-36)51-42-30-35(32-14-5-2-6-15-32)24-25-38(42)40-26-27-41-39-22-11-12-23-43(39)52-45(41)44(40)51/h2-27,30-31,46-47,49-50H,28-29H2,1H3. The summed E-state index contributed by atoms with van der Waals surface area (Å²) in [4.78, 5) is 0. The van der Waals surface area contributed by atoms with Gasteiger partial charge in [0.2, 0.25) is 0 Å². The predicted molar refractivity (Wildman–Crippen MR) is 222 cm³/mol. The molecule has 9 aromatic rings. The Kier molecular flexibility index (Phi) is 7.49. The van der Waals surface area contributed by atoms with Crippen LogP contribution in [0.15, 0.2) is 170 Å². The summed E-state index contributed by atoms with van der Waals surface area (Å²) in [6, 6.07) is 62.1. The zero-order chi connectivity index (χ0) is 34.6. The zero-order valence-corrected chi connectivity index (χ0v) is 29.9. The maximum absolute atomic E-state index is 4.10. The fourth-order valence-electron chi connectivity index (χ4n) is 8.12. The Morgan fingerprint density at radius 3 is 2.02 bits per heavy atom. The topological polar surface area (TPSA) is 29.0 Å². The van der Waals surface area contributed by atoms with Gasteiger partial charge >= 0.3 is 0 Å². The summed E-state index contributed by atoms with van der Waals surface area (Å²) in [5.41, 5.74) is 9.91. The molecule has 1 aliphatic carbocycles. The van der Waals surface area contributed by atoms with Crippen molar-refractivity contribution < 1.29 is 0 Å². The Bertz CT molecular complexity index is 2710. The van der Waals surface area contributed by atoms with Crippen LogP contribution in [0.2, 0.25) is 0 Å². The van der Waals surface area contributed by atoms with E-state index in [0.717, 1.165) is 11.4 Å². The lowest BCUT2D eigenvalue weighted by molar-refractivity contribution is 0.339. The fraction of sp³-hybridized carbons (Fsp3) is 0.125. The molecule has 7 aromatic carbocycles. The second-order valence-electron chi connectivity index (χ2n) is 14.6. The summed E-state index contributed by atoms with van der Waals surface area (Å²) in [5.74, 6) is 0. The summed E-state index contributed by atoms with van der Waals surface area (Å²) in [6.45, 7) is 2.42. The van der Waals surface area contributed by atoms with Gasteiger partial charge in [0.15, 0.2) is 0 Å². The quantitative estimate of drug-likeness (QED) is 0.148. The highest BCUT2D eigenvalue weighted by molar-refractivity contribution is 7.26. The molecule has 2 atom stereocenters. The number of thiophene rings is 1. The Balaban J connectivity index is 1.14. The van der Waals surface area contributed by atoms with Crippen LogP contribution >= 0.6 is 11.3 Å². The van der Waals surface area contributed by atoms with E-state index >= 15 is 0 Å². The SMILES string of the molecule is CC1(C(NC(Nc2cccc(-n3c4cc(-c5ccccc5)ccc4c4ccc5c6ccccc6sc5c43)c2)c2ccccc2)c2ccccc2)CC1. The Hall–Kier alpha value is -5.68. The van der Waals surface area contributed by atoms with E-state index in [4.69, 9.17) is 0 Å². The summed E-state index contributed by atoms with van der Waals surface area (Å²) in [6.07, 6.45) is 2.36. The Morgan fingerprint density at radius 2 is 1.25 bits per heavy atom. The van der Waals surface area contributed by atoms with E-state index in [0.29, 0.717) is 0 Å². The van der Waals surface area contributed by atoms with E-state index in [1.807, 2.05) is 11.3 Å². The maximum Gasteiger partial charge on any atom is 0.104 e. The molecular weight excluding hydrogens is 651 g/mol. The van der Waals surface area contributed by atoms with Crippen LogP contribution < -0.4 is 10.6 Å². The summed E-state index contributed by atoms with van der Waals surface area (Å²) in [5, 5.41) is 13.2. The van der Waals surface area contributed by atoms with Crippen molar-refractivity contribution in [1.82, 2.24) is 9.88 Å². The molecule has 0 amide bonds. The average molecular weight is 690 g/mol. The minimum Gasteiger partial charge on any atom is -0.366 e. The van der Waals surface area contributed by atoms with Crippen LogP contribution in [-0.4, -0.2) is 4.57 Å². The van der Waals surface area contributed by atoms with Crippen LogP contribution in [0.3, 0.4) is 0 Å². The van der Waals surface area contributed by atoms with E-state index < -0.39 is 0 Å². The van der Waals surface area contributed by atoms with Gasteiger partial charge in [-0.25, -0.2) is 0 Å². The Morgan fingerprint density at radius 1 is 0.577 bits per heavy atom. The van der Waals surface area contributed by atoms with Gasteiger partial charge in [-0.3, -0.25) is 5.32 Å². The number of anilines is 1. The number of aromatic nitrogens is 1. The van der Waals surface area contributed by atoms with Crippen molar-refractivity contribution in [2.45, 2.75) is 32.0 Å². The number of hydrogen-bond donors (Lipinski definition) is 2. The number of rotatable bonds is 9. The van der Waals surface area contributed by atoms with Gasteiger partial charge in [0.1, 0.15) is 6.17 Å². The summed E-state index contributed by atoms with van der Waals surface area (Å²) < 4.78 is 5.14. The van der Waals surface area contributed by atoms with Gasteiger partial charge in [0, 0.05) is 43.7 Å². The first-order valence-electron chi connectivity index (χ1n) is 18.3. The van der Waals surface area contributed by atoms with E-state index in [1.165, 1.54) is 77.1 Å². The van der Waals surface area contributed by atoms with Gasteiger partial charge < -0.3 is 9.88 Å². The van der Waals surface area contributed by atoms with Gasteiger partial charge in [0.25, 0.3) is 0 Å². The van der Waals surface area contributed by atoms with Crippen LogP contribution in [0, 0.1) is 5.41 Å². The molecule has 0 radical (unpaired) electrons. The number of benzene rings is 7. The molecule has 2 N–H and O–H groups in total. The molecule has 2 unspecified atom stereocenters. The third-order valence-electron chi connectivity index (χ3n) is 11.1. The zero-order valence-electron chi connectivity index (χ0n) is 29.1. The third kappa shape index (κ3) is 5.38. The lowest BCUT2D eigenvalue weighted by Gasteiger charge is -2.32. The van der Waals surface area contributed by atoms with Crippen LogP contribution in [0.25, 0.3) is 58.8 Å². The van der Waals surface area contributed by atoms with Crippen LogP contribution in [0.1, 0.15) is 43.1 Å². The van der Waals surface area contributed by atoms with Crippen molar-refractivity contribution in [2.75, 3.05) is 5.32 Å². The van der Waals surface area contributed by atoms with Crippen molar-refractivity contribution in [3.63, 3.8) is 0 Å². The van der Waals surface area contributed by atoms with Crippen molar-refractivity contribution in [3.05, 3.63) is 181 Å². The lowest BCUT2D eigenvalue weighted by atomic mass is 9.91. The van der Waals surface area contributed by atoms with E-state index in [1.54, 1.807) is 0 Å². The smallest absolute Gasteiger partial charge is 0.104 e. The summed E-state index contributed by atoms with van der Waals surface area (Å²) in [7, 11) is 0. The molecule has 10 rings (SSSR count). The first-order valence-corrected chi connectivity index (χ1v) is 19.1. The minimum absolute atomic E-state index is 0.0868. The molecule has 252 valence electrons. The molecular formula is C48H39N3S. The average Bonchev–Trinajstić information content (AvgIpc) is 3.70. The molecule has 4 heteroatoms. The number of hydrogen-bond acceptors (Lipinski definition) is 3. The van der Waals surface area contributed by atoms with Crippen LogP contribution in [0.5, 0.6) is 0 Å². The molecule has 1 saturated carbocycles. The van der Waals surface area contributed by atoms with E-state index in [-0.39, 0.29) is 17.6 Å². The molecule has 2 heterocycles. The van der Waals surface area contributed by atoms with Crippen molar-refractivity contribution >= 4 is 59.0 Å². The minimum atomic E-state index is -0.0868. The van der Waals surface area contributed by atoms with Gasteiger partial charge in [-0.15, -0.1) is 11.3 Å². The molecule has 2 aromatic heterocycles. The van der Waals surface area contributed by atoms with Crippen molar-refractivity contribution in [2.24, 2.45) is 5.41 Å². The van der Waals surface area contributed by atoms with Gasteiger partial charge in [0.05, 0.1) is 15.7 Å². The largest absolute Gasteiger partial charge is 0.366 e. The maximum atomic E-state index is 4.10. The second kappa shape index (κ2) is 12.5. The number of nitrogens with zero attached hydrogens (tertiary/aromatic N) is 1. The molecule has 1 fully saturated rings. The first kappa shape index (κ1) is 31.1. The number of fused-ring (bicyclic) bond motifs is 7. The van der Waals surface area contributed by atoms with Crippen LogP contribution in [-0.2, 0) is 0 Å². The summed E-state index contributed by atoms with van der Waals surface area (Å²) >= 11 is 1.89. The Labute approximate surface area is 308 Å². The fourth-order valence-corrected chi connectivity index (χ4v) is 9.36. The molecule has 1 aliphatic rings. The highest BCUT2D eigenvalue weighted by Gasteiger charge is 2.46. The molecule has 0 bridgehead atoms. The highest BCUT2D eigenvalue weighted by Crippen LogP contribution is 2.55. The first-order chi connectivity index (χ1) is 25.6. The third-order valence-corrected chi connectivity index (χ3v) is 12.3. The van der Waals surface area contributed by atoms with Gasteiger partial charge in [-0.1, -0.05) is 146 Å². The number of nitrogens with one attached hydrogen (secondary N) is 2. The molecule has 0 aliphatic heterocycles.